The molecule has 0 saturated carbocycles. The van der Waals surface area contributed by atoms with E-state index in [1.165, 1.54) is 11.1 Å². The zero-order chi connectivity index (χ0) is 23.4. The molecule has 1 saturated heterocycles. The van der Waals surface area contributed by atoms with Crippen molar-refractivity contribution in [3.63, 3.8) is 0 Å². The molecule has 1 unspecified atom stereocenters. The topological polar surface area (TPSA) is 50.4 Å². The molecule has 4 rings (SSSR count). The molecule has 0 radical (unpaired) electrons. The third kappa shape index (κ3) is 3.79. The summed E-state index contributed by atoms with van der Waals surface area (Å²) in [7, 11) is 1.56. The molecule has 4 nitrogen and oxygen atoms in total. The van der Waals surface area contributed by atoms with E-state index in [9.17, 15) is 4.79 Å². The summed E-state index contributed by atoms with van der Waals surface area (Å²) in [6.07, 6.45) is 2.41. The minimum Gasteiger partial charge on any atom is -0.496 e. The standard InChI is InChI=1S/C26H31FN2O2S/c1-14-11-17-18(26(4,5)10-9-25(17,2)3)13-16(14)21-20(31-6)8-7-15(22(21)27)12-19-23(30)29-24(32)28-19/h7-8,11,13,19H,9-10,12H2,1-6H3,(H2,28,29,30,32). The Bertz CT molecular complexity index is 1120. The summed E-state index contributed by atoms with van der Waals surface area (Å²) in [6.45, 7) is 11.1. The molecule has 2 aromatic rings. The van der Waals surface area contributed by atoms with Crippen LogP contribution in [0, 0.1) is 12.7 Å². The molecule has 0 spiro atoms. The number of hydrogen-bond donors (Lipinski definition) is 2. The van der Waals surface area contributed by atoms with Gasteiger partial charge in [-0.1, -0.05) is 39.8 Å². The highest BCUT2D eigenvalue weighted by Gasteiger charge is 2.38. The summed E-state index contributed by atoms with van der Waals surface area (Å²) in [5, 5.41) is 5.76. The number of aryl methyl sites for hydroxylation is 1. The van der Waals surface area contributed by atoms with Crippen LogP contribution in [0.3, 0.4) is 0 Å². The van der Waals surface area contributed by atoms with Crippen molar-refractivity contribution in [3.05, 3.63) is 52.3 Å². The van der Waals surface area contributed by atoms with Gasteiger partial charge in [0.25, 0.3) is 0 Å². The molecule has 1 aliphatic heterocycles. The van der Waals surface area contributed by atoms with E-state index >= 15 is 4.39 Å². The second-order valence-electron chi connectivity index (χ2n) is 10.3. The maximum absolute atomic E-state index is 16.0. The second kappa shape index (κ2) is 7.84. The number of carbonyl (C=O) groups is 1. The van der Waals surface area contributed by atoms with Crippen molar-refractivity contribution in [2.45, 2.75) is 70.8 Å². The van der Waals surface area contributed by atoms with Gasteiger partial charge in [-0.3, -0.25) is 4.79 Å². The van der Waals surface area contributed by atoms with E-state index < -0.39 is 6.04 Å². The summed E-state index contributed by atoms with van der Waals surface area (Å²) < 4.78 is 21.5. The first kappa shape index (κ1) is 22.7. The summed E-state index contributed by atoms with van der Waals surface area (Å²) in [5.41, 5.74) is 5.45. The number of methoxy groups -OCH3 is 1. The Morgan fingerprint density at radius 3 is 2.31 bits per heavy atom. The van der Waals surface area contributed by atoms with E-state index in [0.717, 1.165) is 24.0 Å². The zero-order valence-corrected chi connectivity index (χ0v) is 20.4. The molecule has 1 heterocycles. The summed E-state index contributed by atoms with van der Waals surface area (Å²) in [6, 6.07) is 7.28. The number of rotatable bonds is 4. The second-order valence-corrected chi connectivity index (χ2v) is 10.7. The van der Waals surface area contributed by atoms with Gasteiger partial charge in [0, 0.05) is 6.42 Å². The predicted octanol–water partition coefficient (Wildman–Crippen LogP) is 5.07. The summed E-state index contributed by atoms with van der Waals surface area (Å²) in [5.74, 6) is -0.102. The van der Waals surface area contributed by atoms with Crippen LogP contribution in [-0.2, 0) is 22.0 Å². The van der Waals surface area contributed by atoms with Crippen LogP contribution >= 0.6 is 12.2 Å². The molecule has 1 fully saturated rings. The Morgan fingerprint density at radius 1 is 1.12 bits per heavy atom. The van der Waals surface area contributed by atoms with Gasteiger partial charge in [-0.2, -0.15) is 0 Å². The number of nitrogens with one attached hydrogen (secondary N) is 2. The van der Waals surface area contributed by atoms with Crippen molar-refractivity contribution < 1.29 is 13.9 Å². The van der Waals surface area contributed by atoms with E-state index in [1.54, 1.807) is 19.2 Å². The fraction of sp³-hybridized carbons (Fsp3) is 0.462. The largest absolute Gasteiger partial charge is 0.496 e. The maximum atomic E-state index is 16.0. The SMILES string of the molecule is COc1ccc(CC2NC(=S)NC2=O)c(F)c1-c1cc2c(cc1C)C(C)(C)CCC2(C)C. The van der Waals surface area contributed by atoms with Crippen LogP contribution in [0.15, 0.2) is 24.3 Å². The minimum absolute atomic E-state index is 0.0101. The minimum atomic E-state index is -0.581. The van der Waals surface area contributed by atoms with Crippen LogP contribution in [0.5, 0.6) is 5.75 Å². The third-order valence-corrected chi connectivity index (χ3v) is 7.37. The van der Waals surface area contributed by atoms with E-state index in [0.29, 0.717) is 16.9 Å². The van der Waals surface area contributed by atoms with Crippen LogP contribution in [0.1, 0.15) is 62.8 Å². The molecule has 1 aliphatic carbocycles. The molecule has 0 aromatic heterocycles. The average molecular weight is 455 g/mol. The monoisotopic (exact) mass is 454 g/mol. The fourth-order valence-corrected chi connectivity index (χ4v) is 5.24. The maximum Gasteiger partial charge on any atom is 0.249 e. The first-order valence-electron chi connectivity index (χ1n) is 11.1. The Labute approximate surface area is 194 Å². The van der Waals surface area contributed by atoms with Gasteiger partial charge >= 0.3 is 0 Å². The first-order chi connectivity index (χ1) is 14.9. The number of amides is 1. The van der Waals surface area contributed by atoms with Crippen molar-refractivity contribution >= 4 is 23.2 Å². The number of benzene rings is 2. The highest BCUT2D eigenvalue weighted by Crippen LogP contribution is 2.48. The molecule has 0 bridgehead atoms. The Balaban J connectivity index is 1.86. The van der Waals surface area contributed by atoms with Crippen molar-refractivity contribution in [2.75, 3.05) is 7.11 Å². The van der Waals surface area contributed by atoms with Gasteiger partial charge in [0.1, 0.15) is 17.6 Å². The molecule has 1 atom stereocenters. The zero-order valence-electron chi connectivity index (χ0n) is 19.6. The number of ether oxygens (including phenoxy) is 1. The van der Waals surface area contributed by atoms with E-state index in [2.05, 4.69) is 50.5 Å². The lowest BCUT2D eigenvalue weighted by atomic mass is 9.62. The van der Waals surface area contributed by atoms with Crippen LogP contribution in [0.2, 0.25) is 0 Å². The number of carbonyl (C=O) groups excluding carboxylic acids is 1. The lowest BCUT2D eigenvalue weighted by Crippen LogP contribution is -2.34. The molecule has 6 heteroatoms. The van der Waals surface area contributed by atoms with E-state index in [1.807, 2.05) is 6.92 Å². The lowest BCUT2D eigenvalue weighted by molar-refractivity contribution is -0.120. The van der Waals surface area contributed by atoms with Crippen molar-refractivity contribution in [1.29, 1.82) is 0 Å². The number of hydrogen-bond acceptors (Lipinski definition) is 3. The number of fused-ring (bicyclic) bond motifs is 1. The van der Waals surface area contributed by atoms with Crippen molar-refractivity contribution in [3.8, 4) is 16.9 Å². The molecular weight excluding hydrogens is 423 g/mol. The molecular formula is C26H31FN2O2S. The quantitative estimate of drug-likeness (QED) is 0.633. The van der Waals surface area contributed by atoms with Crippen LogP contribution in [-0.4, -0.2) is 24.2 Å². The Hall–Kier alpha value is -2.47. The van der Waals surface area contributed by atoms with Gasteiger partial charge < -0.3 is 15.4 Å². The number of thiocarbonyl (C=S) groups is 1. The van der Waals surface area contributed by atoms with Gasteiger partial charge in [0.15, 0.2) is 5.11 Å². The third-order valence-electron chi connectivity index (χ3n) is 7.15. The molecule has 2 aliphatic rings. The lowest BCUT2D eigenvalue weighted by Gasteiger charge is -2.42. The van der Waals surface area contributed by atoms with Gasteiger partial charge in [-0.15, -0.1) is 0 Å². The van der Waals surface area contributed by atoms with Gasteiger partial charge in [0.05, 0.1) is 12.7 Å². The smallest absolute Gasteiger partial charge is 0.249 e. The Kier molecular flexibility index (Phi) is 5.56. The van der Waals surface area contributed by atoms with E-state index in [-0.39, 0.29) is 34.1 Å². The normalized spacial score (nSPS) is 21.0. The highest BCUT2D eigenvalue weighted by atomic mass is 32.1. The van der Waals surface area contributed by atoms with E-state index in [4.69, 9.17) is 17.0 Å². The Morgan fingerprint density at radius 2 is 1.75 bits per heavy atom. The van der Waals surface area contributed by atoms with Crippen LogP contribution in [0.4, 0.5) is 4.39 Å². The van der Waals surface area contributed by atoms with Crippen molar-refractivity contribution in [2.24, 2.45) is 0 Å². The van der Waals surface area contributed by atoms with Crippen LogP contribution < -0.4 is 15.4 Å². The molecule has 32 heavy (non-hydrogen) atoms. The first-order valence-corrected chi connectivity index (χ1v) is 11.5. The summed E-state index contributed by atoms with van der Waals surface area (Å²) >= 11 is 5.02. The predicted molar refractivity (Wildman–Crippen MR) is 130 cm³/mol. The van der Waals surface area contributed by atoms with Crippen LogP contribution in [0.25, 0.3) is 11.1 Å². The number of halogens is 1. The molecule has 2 aromatic carbocycles. The average Bonchev–Trinajstić information content (AvgIpc) is 3.04. The molecule has 1 amide bonds. The summed E-state index contributed by atoms with van der Waals surface area (Å²) in [4.78, 5) is 12.1. The molecule has 2 N–H and O–H groups in total. The molecule has 170 valence electrons. The van der Waals surface area contributed by atoms with Gasteiger partial charge in [0.2, 0.25) is 5.91 Å². The fourth-order valence-electron chi connectivity index (χ4n) is 4.99. The highest BCUT2D eigenvalue weighted by molar-refractivity contribution is 7.80. The van der Waals surface area contributed by atoms with Crippen molar-refractivity contribution in [1.82, 2.24) is 10.6 Å². The van der Waals surface area contributed by atoms with Gasteiger partial charge in [-0.25, -0.2) is 4.39 Å². The van der Waals surface area contributed by atoms with Gasteiger partial charge in [-0.05, 0) is 82.8 Å².